The van der Waals surface area contributed by atoms with Crippen molar-refractivity contribution in [1.82, 2.24) is 14.8 Å². The number of aromatic nitrogens is 3. The largest absolute Gasteiger partial charge is 0.378 e. The maximum atomic E-state index is 12.5. The molecule has 0 aliphatic rings. The van der Waals surface area contributed by atoms with Crippen LogP contribution in [0.25, 0.3) is 5.69 Å². The van der Waals surface area contributed by atoms with E-state index in [9.17, 15) is 4.79 Å². The van der Waals surface area contributed by atoms with E-state index in [1.54, 1.807) is 24.3 Å². The van der Waals surface area contributed by atoms with Gasteiger partial charge in [0.15, 0.2) is 11.0 Å². The Morgan fingerprint density at radius 1 is 1.00 bits per heavy atom. The normalized spacial score (nSPS) is 10.8. The molecule has 0 fully saturated rings. The molecule has 4 aromatic rings. The molecule has 0 spiro atoms. The van der Waals surface area contributed by atoms with Crippen LogP contribution in [-0.4, -0.2) is 26.4 Å². The molecule has 6 nitrogen and oxygen atoms in total. The summed E-state index contributed by atoms with van der Waals surface area (Å²) < 4.78 is 1.98. The minimum absolute atomic E-state index is 0.125. The summed E-state index contributed by atoms with van der Waals surface area (Å²) in [4.78, 5) is 12.5. The minimum atomic E-state index is -0.125. The molecule has 33 heavy (non-hydrogen) atoms. The van der Waals surface area contributed by atoms with Crippen LogP contribution in [0.15, 0.2) is 78.0 Å². The Balaban J connectivity index is 1.50. The predicted octanol–water partition coefficient (Wildman–Crippen LogP) is 5.88. The number of rotatable bonds is 8. The summed E-state index contributed by atoms with van der Waals surface area (Å²) in [7, 11) is 0. The van der Waals surface area contributed by atoms with Crippen LogP contribution in [-0.2, 0) is 11.3 Å². The van der Waals surface area contributed by atoms with Gasteiger partial charge in [-0.15, -0.1) is 10.2 Å². The van der Waals surface area contributed by atoms with Gasteiger partial charge in [0, 0.05) is 22.1 Å². The number of amides is 1. The smallest absolute Gasteiger partial charge is 0.234 e. The van der Waals surface area contributed by atoms with Crippen LogP contribution in [0, 0.1) is 13.8 Å². The first kappa shape index (κ1) is 22.9. The van der Waals surface area contributed by atoms with E-state index < -0.39 is 0 Å². The number of nitrogens with one attached hydrogen (secondary N) is 2. The Labute approximate surface area is 202 Å². The van der Waals surface area contributed by atoms with E-state index in [1.807, 2.05) is 34.9 Å². The summed E-state index contributed by atoms with van der Waals surface area (Å²) in [5.41, 5.74) is 5.07. The Kier molecular flexibility index (Phi) is 7.32. The van der Waals surface area contributed by atoms with Crippen molar-refractivity contribution in [3.63, 3.8) is 0 Å². The standard InChI is InChI=1S/C25H24ClN5OS/c1-17-8-9-18(2)22(14-17)27-15-23-29-30-25(31(23)21-6-4-3-5-7-21)33-16-24(32)28-20-12-10-19(26)11-13-20/h3-14,27H,15-16H2,1-2H3,(H,28,32). The molecule has 3 aromatic carbocycles. The van der Waals surface area contributed by atoms with Gasteiger partial charge in [0.2, 0.25) is 5.91 Å². The lowest BCUT2D eigenvalue weighted by atomic mass is 10.1. The van der Waals surface area contributed by atoms with E-state index in [1.165, 1.54) is 22.9 Å². The molecule has 8 heteroatoms. The van der Waals surface area contributed by atoms with Gasteiger partial charge in [-0.25, -0.2) is 0 Å². The molecule has 1 heterocycles. The number of thioether (sulfide) groups is 1. The quantitative estimate of drug-likeness (QED) is 0.310. The molecule has 168 valence electrons. The van der Waals surface area contributed by atoms with E-state index in [0.717, 1.165) is 17.2 Å². The van der Waals surface area contributed by atoms with Crippen LogP contribution >= 0.6 is 23.4 Å². The molecular formula is C25H24ClN5OS. The van der Waals surface area contributed by atoms with Crippen molar-refractivity contribution < 1.29 is 4.79 Å². The third kappa shape index (κ3) is 5.94. The molecular weight excluding hydrogens is 454 g/mol. The Hall–Kier alpha value is -3.29. The molecule has 0 atom stereocenters. The molecule has 0 bridgehead atoms. The lowest BCUT2D eigenvalue weighted by Crippen LogP contribution is -2.15. The lowest BCUT2D eigenvalue weighted by Gasteiger charge is -2.13. The number of benzene rings is 3. The number of carbonyl (C=O) groups is 1. The number of anilines is 2. The van der Waals surface area contributed by atoms with Gasteiger partial charge in [-0.2, -0.15) is 0 Å². The number of hydrogen-bond donors (Lipinski definition) is 2. The van der Waals surface area contributed by atoms with Crippen LogP contribution in [0.1, 0.15) is 17.0 Å². The van der Waals surface area contributed by atoms with Crippen molar-refractivity contribution in [3.05, 3.63) is 94.8 Å². The van der Waals surface area contributed by atoms with Gasteiger partial charge < -0.3 is 10.6 Å². The number of halogens is 1. The summed E-state index contributed by atoms with van der Waals surface area (Å²) in [5, 5.41) is 16.4. The van der Waals surface area contributed by atoms with Crippen LogP contribution in [0.5, 0.6) is 0 Å². The predicted molar refractivity (Wildman–Crippen MR) is 135 cm³/mol. The second-order valence-electron chi connectivity index (χ2n) is 7.59. The van der Waals surface area contributed by atoms with E-state index in [-0.39, 0.29) is 11.7 Å². The molecule has 1 amide bonds. The fourth-order valence-corrected chi connectivity index (χ4v) is 4.20. The zero-order chi connectivity index (χ0) is 23.2. The van der Waals surface area contributed by atoms with Crippen molar-refractivity contribution >= 4 is 40.6 Å². The summed E-state index contributed by atoms with van der Waals surface area (Å²) >= 11 is 7.25. The van der Waals surface area contributed by atoms with Crippen molar-refractivity contribution in [2.45, 2.75) is 25.5 Å². The molecule has 0 saturated heterocycles. The highest BCUT2D eigenvalue weighted by atomic mass is 35.5. The second-order valence-corrected chi connectivity index (χ2v) is 8.96. The molecule has 0 unspecified atom stereocenters. The highest BCUT2D eigenvalue weighted by molar-refractivity contribution is 7.99. The number of nitrogens with zero attached hydrogens (tertiary/aromatic N) is 3. The zero-order valence-corrected chi connectivity index (χ0v) is 20.0. The van der Waals surface area contributed by atoms with E-state index in [2.05, 4.69) is 52.9 Å². The Bertz CT molecular complexity index is 1240. The molecule has 0 aliphatic carbocycles. The summed E-state index contributed by atoms with van der Waals surface area (Å²) in [6, 6.07) is 23.3. The third-order valence-electron chi connectivity index (χ3n) is 5.01. The summed E-state index contributed by atoms with van der Waals surface area (Å²) in [5.74, 6) is 0.848. The van der Waals surface area contributed by atoms with E-state index in [4.69, 9.17) is 11.6 Å². The minimum Gasteiger partial charge on any atom is -0.378 e. The molecule has 4 rings (SSSR count). The highest BCUT2D eigenvalue weighted by Gasteiger charge is 2.16. The lowest BCUT2D eigenvalue weighted by molar-refractivity contribution is -0.113. The van der Waals surface area contributed by atoms with Gasteiger partial charge in [-0.3, -0.25) is 9.36 Å². The second kappa shape index (κ2) is 10.6. The van der Waals surface area contributed by atoms with Crippen LogP contribution in [0.4, 0.5) is 11.4 Å². The van der Waals surface area contributed by atoms with Crippen LogP contribution in [0.3, 0.4) is 0 Å². The first-order valence-corrected chi connectivity index (χ1v) is 11.8. The van der Waals surface area contributed by atoms with Gasteiger partial charge in [-0.1, -0.05) is 53.7 Å². The number of aryl methyl sites for hydroxylation is 2. The monoisotopic (exact) mass is 477 g/mol. The number of carbonyl (C=O) groups excluding carboxylic acids is 1. The van der Waals surface area contributed by atoms with Gasteiger partial charge in [0.05, 0.1) is 12.3 Å². The van der Waals surface area contributed by atoms with Gasteiger partial charge in [0.25, 0.3) is 0 Å². The zero-order valence-electron chi connectivity index (χ0n) is 18.4. The number of hydrogen-bond acceptors (Lipinski definition) is 5. The maximum absolute atomic E-state index is 12.5. The summed E-state index contributed by atoms with van der Waals surface area (Å²) in [6.07, 6.45) is 0. The van der Waals surface area contributed by atoms with Crippen molar-refractivity contribution in [2.24, 2.45) is 0 Å². The fourth-order valence-electron chi connectivity index (χ4n) is 3.31. The third-order valence-corrected chi connectivity index (χ3v) is 6.19. The molecule has 1 aromatic heterocycles. The van der Waals surface area contributed by atoms with E-state index >= 15 is 0 Å². The molecule has 0 radical (unpaired) electrons. The van der Waals surface area contributed by atoms with Gasteiger partial charge >= 0.3 is 0 Å². The van der Waals surface area contributed by atoms with Crippen molar-refractivity contribution in [1.29, 1.82) is 0 Å². The van der Waals surface area contributed by atoms with Gasteiger partial charge in [-0.05, 0) is 67.4 Å². The Morgan fingerprint density at radius 2 is 1.76 bits per heavy atom. The van der Waals surface area contributed by atoms with Crippen LogP contribution < -0.4 is 10.6 Å². The highest BCUT2D eigenvalue weighted by Crippen LogP contribution is 2.24. The molecule has 0 saturated carbocycles. The number of para-hydroxylation sites is 1. The maximum Gasteiger partial charge on any atom is 0.234 e. The SMILES string of the molecule is Cc1ccc(C)c(NCc2nnc(SCC(=O)Nc3ccc(Cl)cc3)n2-c2ccccc2)c1. The topological polar surface area (TPSA) is 71.8 Å². The fraction of sp³-hybridized carbons (Fsp3) is 0.160. The average Bonchev–Trinajstić information content (AvgIpc) is 3.23. The first-order valence-electron chi connectivity index (χ1n) is 10.5. The molecule has 2 N–H and O–H groups in total. The molecule has 0 aliphatic heterocycles. The first-order chi connectivity index (χ1) is 16.0. The van der Waals surface area contributed by atoms with Crippen LogP contribution in [0.2, 0.25) is 5.02 Å². The average molecular weight is 478 g/mol. The Morgan fingerprint density at radius 3 is 2.52 bits per heavy atom. The van der Waals surface area contributed by atoms with Crippen molar-refractivity contribution in [3.8, 4) is 5.69 Å². The van der Waals surface area contributed by atoms with Crippen molar-refractivity contribution in [2.75, 3.05) is 16.4 Å². The van der Waals surface area contributed by atoms with E-state index in [0.29, 0.717) is 22.4 Å². The van der Waals surface area contributed by atoms with Gasteiger partial charge in [0.1, 0.15) is 0 Å². The summed E-state index contributed by atoms with van der Waals surface area (Å²) in [6.45, 7) is 4.65.